The molecule has 0 radical (unpaired) electrons. The van der Waals surface area contributed by atoms with E-state index in [-0.39, 0.29) is 12.0 Å². The lowest BCUT2D eigenvalue weighted by atomic mass is 9.71. The van der Waals surface area contributed by atoms with E-state index < -0.39 is 0 Å². The van der Waals surface area contributed by atoms with Crippen LogP contribution in [-0.2, 0) is 9.53 Å². The maximum atomic E-state index is 12.0. The quantitative estimate of drug-likeness (QED) is 0.783. The second-order valence-electron chi connectivity index (χ2n) is 5.45. The number of piperidine rings is 2. The standard InChI is InChI=1S/C13H24N2O2/c1-11(17-2)12(16)15-9-5-13(6-10-15)3-7-14-8-4-13/h11,14H,3-10H2,1-2H3. The van der Waals surface area contributed by atoms with E-state index in [2.05, 4.69) is 5.32 Å². The third-order valence-corrected chi connectivity index (χ3v) is 4.50. The monoisotopic (exact) mass is 240 g/mol. The highest BCUT2D eigenvalue weighted by molar-refractivity contribution is 5.80. The van der Waals surface area contributed by atoms with Gasteiger partial charge in [-0.05, 0) is 51.1 Å². The lowest BCUT2D eigenvalue weighted by Gasteiger charge is -2.44. The topological polar surface area (TPSA) is 41.6 Å². The van der Waals surface area contributed by atoms with Crippen LogP contribution in [0.2, 0.25) is 0 Å². The fourth-order valence-electron chi connectivity index (χ4n) is 3.02. The smallest absolute Gasteiger partial charge is 0.251 e. The van der Waals surface area contributed by atoms with Crippen LogP contribution in [-0.4, -0.2) is 50.2 Å². The van der Waals surface area contributed by atoms with Gasteiger partial charge in [-0.15, -0.1) is 0 Å². The Labute approximate surface area is 104 Å². The van der Waals surface area contributed by atoms with Crippen LogP contribution in [0.25, 0.3) is 0 Å². The van der Waals surface area contributed by atoms with E-state index in [1.807, 2.05) is 11.8 Å². The highest BCUT2D eigenvalue weighted by Crippen LogP contribution is 2.39. The number of hydrogen-bond acceptors (Lipinski definition) is 3. The first kappa shape index (κ1) is 12.8. The molecule has 2 rings (SSSR count). The van der Waals surface area contributed by atoms with Crippen LogP contribution >= 0.6 is 0 Å². The first-order valence-electron chi connectivity index (χ1n) is 6.69. The molecule has 1 amide bonds. The molecule has 0 bridgehead atoms. The van der Waals surface area contributed by atoms with Gasteiger partial charge in [-0.3, -0.25) is 4.79 Å². The highest BCUT2D eigenvalue weighted by atomic mass is 16.5. The van der Waals surface area contributed by atoms with Gasteiger partial charge in [0.1, 0.15) is 6.10 Å². The molecular weight excluding hydrogens is 216 g/mol. The van der Waals surface area contributed by atoms with Gasteiger partial charge in [-0.25, -0.2) is 0 Å². The molecule has 0 aromatic rings. The first-order valence-corrected chi connectivity index (χ1v) is 6.69. The molecule has 0 aromatic carbocycles. The number of methoxy groups -OCH3 is 1. The molecule has 0 saturated carbocycles. The average Bonchev–Trinajstić information content (AvgIpc) is 2.39. The molecule has 17 heavy (non-hydrogen) atoms. The minimum atomic E-state index is -0.294. The van der Waals surface area contributed by atoms with Crippen LogP contribution < -0.4 is 5.32 Å². The Morgan fingerprint density at radius 3 is 2.35 bits per heavy atom. The second kappa shape index (κ2) is 5.36. The summed E-state index contributed by atoms with van der Waals surface area (Å²) in [6.07, 6.45) is 4.58. The van der Waals surface area contributed by atoms with Gasteiger partial charge >= 0.3 is 0 Å². The van der Waals surface area contributed by atoms with Crippen molar-refractivity contribution in [1.29, 1.82) is 0 Å². The molecule has 0 aromatic heterocycles. The van der Waals surface area contributed by atoms with Gasteiger partial charge in [0.05, 0.1) is 0 Å². The SMILES string of the molecule is COC(C)C(=O)N1CCC2(CCNCC2)CC1. The molecule has 1 atom stereocenters. The molecule has 2 heterocycles. The van der Waals surface area contributed by atoms with Crippen molar-refractivity contribution in [2.75, 3.05) is 33.3 Å². The third kappa shape index (κ3) is 2.80. The molecule has 1 spiro atoms. The zero-order valence-electron chi connectivity index (χ0n) is 11.0. The predicted octanol–water partition coefficient (Wildman–Crippen LogP) is 1.01. The Morgan fingerprint density at radius 2 is 1.82 bits per heavy atom. The normalized spacial score (nSPS) is 25.9. The maximum absolute atomic E-state index is 12.0. The van der Waals surface area contributed by atoms with Crippen molar-refractivity contribution in [3.05, 3.63) is 0 Å². The number of ether oxygens (including phenoxy) is 1. The van der Waals surface area contributed by atoms with E-state index >= 15 is 0 Å². The van der Waals surface area contributed by atoms with Crippen molar-refractivity contribution in [2.24, 2.45) is 5.41 Å². The molecule has 1 N–H and O–H groups in total. The number of carbonyl (C=O) groups excluding carboxylic acids is 1. The number of amides is 1. The van der Waals surface area contributed by atoms with Gasteiger partial charge in [0.2, 0.25) is 0 Å². The van der Waals surface area contributed by atoms with E-state index in [4.69, 9.17) is 4.74 Å². The molecule has 0 aliphatic carbocycles. The third-order valence-electron chi connectivity index (χ3n) is 4.50. The molecule has 2 aliphatic rings. The predicted molar refractivity (Wildman–Crippen MR) is 66.8 cm³/mol. The Bertz CT molecular complexity index is 265. The summed E-state index contributed by atoms with van der Waals surface area (Å²) in [4.78, 5) is 14.0. The van der Waals surface area contributed by atoms with E-state index in [0.29, 0.717) is 5.41 Å². The Hall–Kier alpha value is -0.610. The number of nitrogens with one attached hydrogen (secondary N) is 1. The zero-order chi connectivity index (χ0) is 12.3. The Morgan fingerprint density at radius 1 is 1.24 bits per heavy atom. The maximum Gasteiger partial charge on any atom is 0.251 e. The van der Waals surface area contributed by atoms with Crippen LogP contribution in [0.15, 0.2) is 0 Å². The number of nitrogens with zero attached hydrogens (tertiary/aromatic N) is 1. The minimum Gasteiger partial charge on any atom is -0.372 e. The van der Waals surface area contributed by atoms with Crippen molar-refractivity contribution in [3.8, 4) is 0 Å². The fraction of sp³-hybridized carbons (Fsp3) is 0.923. The van der Waals surface area contributed by atoms with Crippen molar-refractivity contribution in [1.82, 2.24) is 10.2 Å². The molecule has 98 valence electrons. The summed E-state index contributed by atoms with van der Waals surface area (Å²) in [5, 5.41) is 3.42. The molecule has 4 heteroatoms. The summed E-state index contributed by atoms with van der Waals surface area (Å²) in [5.41, 5.74) is 0.512. The minimum absolute atomic E-state index is 0.149. The average molecular weight is 240 g/mol. The summed E-state index contributed by atoms with van der Waals surface area (Å²) in [5.74, 6) is 0.149. The lowest BCUT2D eigenvalue weighted by molar-refractivity contribution is -0.143. The molecule has 2 saturated heterocycles. The van der Waals surface area contributed by atoms with E-state index in [1.165, 1.54) is 12.8 Å². The summed E-state index contributed by atoms with van der Waals surface area (Å²) in [7, 11) is 1.60. The van der Waals surface area contributed by atoms with Crippen LogP contribution in [0.5, 0.6) is 0 Å². The summed E-state index contributed by atoms with van der Waals surface area (Å²) in [6, 6.07) is 0. The Kier molecular flexibility index (Phi) is 4.05. The fourth-order valence-corrected chi connectivity index (χ4v) is 3.02. The largest absolute Gasteiger partial charge is 0.372 e. The molecule has 2 aliphatic heterocycles. The van der Waals surface area contributed by atoms with E-state index in [1.54, 1.807) is 7.11 Å². The van der Waals surface area contributed by atoms with Crippen LogP contribution in [0, 0.1) is 5.41 Å². The molecule has 2 fully saturated rings. The summed E-state index contributed by atoms with van der Waals surface area (Å²) in [6.45, 7) is 5.93. The van der Waals surface area contributed by atoms with Gasteiger partial charge in [0.25, 0.3) is 5.91 Å². The van der Waals surface area contributed by atoms with E-state index in [0.717, 1.165) is 39.0 Å². The second-order valence-corrected chi connectivity index (χ2v) is 5.45. The van der Waals surface area contributed by atoms with E-state index in [9.17, 15) is 4.79 Å². The van der Waals surface area contributed by atoms with Crippen LogP contribution in [0.4, 0.5) is 0 Å². The van der Waals surface area contributed by atoms with Crippen LogP contribution in [0.3, 0.4) is 0 Å². The lowest BCUT2D eigenvalue weighted by Crippen LogP contribution is -2.49. The number of rotatable bonds is 2. The molecule has 1 unspecified atom stereocenters. The van der Waals surface area contributed by atoms with Gasteiger partial charge in [-0.1, -0.05) is 0 Å². The molecular formula is C13H24N2O2. The number of likely N-dealkylation sites (tertiary alicyclic amines) is 1. The van der Waals surface area contributed by atoms with Crippen molar-refractivity contribution >= 4 is 5.91 Å². The highest BCUT2D eigenvalue weighted by Gasteiger charge is 2.37. The van der Waals surface area contributed by atoms with Crippen molar-refractivity contribution in [3.63, 3.8) is 0 Å². The first-order chi connectivity index (χ1) is 8.17. The summed E-state index contributed by atoms with van der Waals surface area (Å²) >= 11 is 0. The van der Waals surface area contributed by atoms with Gasteiger partial charge in [0.15, 0.2) is 0 Å². The van der Waals surface area contributed by atoms with Crippen molar-refractivity contribution in [2.45, 2.75) is 38.7 Å². The van der Waals surface area contributed by atoms with Crippen molar-refractivity contribution < 1.29 is 9.53 Å². The molecule has 4 nitrogen and oxygen atoms in total. The summed E-state index contributed by atoms with van der Waals surface area (Å²) < 4.78 is 5.10. The number of carbonyl (C=O) groups is 1. The van der Waals surface area contributed by atoms with Gasteiger partial charge in [0, 0.05) is 20.2 Å². The van der Waals surface area contributed by atoms with Gasteiger partial charge < -0.3 is 15.0 Å². The number of hydrogen-bond donors (Lipinski definition) is 1. The Balaban J connectivity index is 1.87. The zero-order valence-corrected chi connectivity index (χ0v) is 11.0. The van der Waals surface area contributed by atoms with Gasteiger partial charge in [-0.2, -0.15) is 0 Å². The van der Waals surface area contributed by atoms with Crippen LogP contribution in [0.1, 0.15) is 32.6 Å².